The predicted molar refractivity (Wildman–Crippen MR) is 105 cm³/mol. The topological polar surface area (TPSA) is 24.8 Å². The quantitative estimate of drug-likeness (QED) is 0.620. The van der Waals surface area contributed by atoms with E-state index in [-0.39, 0.29) is 0 Å². The second kappa shape index (κ2) is 7.07. The molecule has 3 nitrogen and oxygen atoms in total. The molecule has 0 aliphatic carbocycles. The summed E-state index contributed by atoms with van der Waals surface area (Å²) in [6, 6.07) is 22.4. The molecular weight excluding hydrogens is 364 g/mol. The summed E-state index contributed by atoms with van der Waals surface area (Å²) in [6.45, 7) is 1.98. The average Bonchev–Trinajstić information content (AvgIpc) is 3.13. The molecule has 0 saturated carbocycles. The van der Waals surface area contributed by atoms with Crippen LogP contribution in [0.15, 0.2) is 84.0 Å². The monoisotopic (exact) mass is 380 g/mol. The highest BCUT2D eigenvalue weighted by molar-refractivity contribution is 6.76. The zero-order valence-corrected chi connectivity index (χ0v) is 15.0. The maximum Gasteiger partial charge on any atom is 0.550 e. The average molecular weight is 380 g/mol. The van der Waals surface area contributed by atoms with Gasteiger partial charge in [0.1, 0.15) is 0 Å². The van der Waals surface area contributed by atoms with Gasteiger partial charge < -0.3 is 9.57 Å². The fourth-order valence-corrected chi connectivity index (χ4v) is 3.17. The Bertz CT molecular complexity index is 1000. The molecule has 7 heteroatoms. The minimum Gasteiger partial charge on any atom is -0.432 e. The second-order valence-corrected chi connectivity index (χ2v) is 6.57. The van der Waals surface area contributed by atoms with Gasteiger partial charge >= 0.3 is 13.2 Å². The van der Waals surface area contributed by atoms with Gasteiger partial charge in [-0.05, 0) is 42.2 Å². The van der Waals surface area contributed by atoms with Crippen LogP contribution in [-0.4, -0.2) is 12.9 Å². The van der Waals surface area contributed by atoms with Crippen molar-refractivity contribution < 1.29 is 17.9 Å². The summed E-state index contributed by atoms with van der Waals surface area (Å²) in [7, 11) is -0.500. The van der Waals surface area contributed by atoms with E-state index in [0.29, 0.717) is 11.4 Å². The third kappa shape index (κ3) is 3.47. The third-order valence-corrected chi connectivity index (χ3v) is 4.54. The normalized spacial score (nSPS) is 14.1. The van der Waals surface area contributed by atoms with Gasteiger partial charge in [-0.25, -0.2) is 0 Å². The van der Waals surface area contributed by atoms with Gasteiger partial charge in [-0.3, -0.25) is 0 Å². The summed E-state index contributed by atoms with van der Waals surface area (Å²) in [5.41, 5.74) is 2.66. The number of nitrogens with zero attached hydrogens (tertiary/aromatic N) is 2. The summed E-state index contributed by atoms with van der Waals surface area (Å²) in [4.78, 5) is 1.89. The minimum absolute atomic E-state index is 0.466. The van der Waals surface area contributed by atoms with Crippen molar-refractivity contribution in [2.45, 2.75) is 13.1 Å². The highest BCUT2D eigenvalue weighted by Crippen LogP contribution is 2.30. The van der Waals surface area contributed by atoms with Crippen LogP contribution < -0.4 is 10.3 Å². The SMILES string of the molecule is Cc1cccc(N2B(c3ccccc3)ON=C2c2ccc(C(F)(F)F)cc2)c1. The zero-order valence-electron chi connectivity index (χ0n) is 15.0. The minimum atomic E-state index is -4.38. The first-order valence-electron chi connectivity index (χ1n) is 8.76. The van der Waals surface area contributed by atoms with E-state index in [4.69, 9.17) is 4.76 Å². The van der Waals surface area contributed by atoms with E-state index in [1.165, 1.54) is 12.1 Å². The van der Waals surface area contributed by atoms with Gasteiger partial charge in [0.25, 0.3) is 0 Å². The molecule has 0 N–H and O–H groups in total. The fourth-order valence-electron chi connectivity index (χ4n) is 3.17. The number of alkyl halides is 3. The Morgan fingerprint density at radius 1 is 0.893 bits per heavy atom. The summed E-state index contributed by atoms with van der Waals surface area (Å²) in [6.07, 6.45) is -4.38. The number of rotatable bonds is 3. The van der Waals surface area contributed by atoms with Crippen molar-refractivity contribution in [3.8, 4) is 0 Å². The van der Waals surface area contributed by atoms with Gasteiger partial charge in [0, 0.05) is 11.3 Å². The number of amidine groups is 1. The molecule has 1 heterocycles. The molecule has 0 atom stereocenters. The number of hydrogen-bond donors (Lipinski definition) is 0. The summed E-state index contributed by atoms with van der Waals surface area (Å²) < 4.78 is 44.4. The van der Waals surface area contributed by atoms with E-state index in [1.807, 2.05) is 66.3 Å². The Morgan fingerprint density at radius 3 is 2.25 bits per heavy atom. The van der Waals surface area contributed by atoms with Crippen molar-refractivity contribution >= 4 is 24.0 Å². The molecule has 3 aromatic carbocycles. The van der Waals surface area contributed by atoms with Gasteiger partial charge in [0.15, 0.2) is 5.84 Å². The molecular formula is C21H16BF3N2O. The Labute approximate surface area is 161 Å². The molecule has 0 unspecified atom stereocenters. The van der Waals surface area contributed by atoms with Crippen LogP contribution in [-0.2, 0) is 10.9 Å². The molecule has 3 aromatic rings. The van der Waals surface area contributed by atoms with E-state index >= 15 is 0 Å². The summed E-state index contributed by atoms with van der Waals surface area (Å²) in [5.74, 6) is 0.466. The van der Waals surface area contributed by atoms with Crippen LogP contribution in [0, 0.1) is 6.92 Å². The first-order valence-corrected chi connectivity index (χ1v) is 8.76. The molecule has 0 amide bonds. The first kappa shape index (κ1) is 18.2. The number of anilines is 1. The molecule has 0 spiro atoms. The largest absolute Gasteiger partial charge is 0.550 e. The number of halogens is 3. The van der Waals surface area contributed by atoms with E-state index in [9.17, 15) is 13.2 Å². The standard InChI is InChI=1S/C21H16BF3N2O/c1-15-6-5-9-19(14-15)27-20(16-10-12-17(13-11-16)21(23,24)25)26-28-22(27)18-7-3-2-4-8-18/h2-14H,1H3. The maximum atomic E-state index is 12.9. The third-order valence-electron chi connectivity index (χ3n) is 4.54. The highest BCUT2D eigenvalue weighted by Gasteiger charge is 2.40. The van der Waals surface area contributed by atoms with Crippen LogP contribution in [0.5, 0.6) is 0 Å². The molecule has 0 radical (unpaired) electrons. The van der Waals surface area contributed by atoms with Crippen molar-refractivity contribution in [3.05, 3.63) is 95.6 Å². The van der Waals surface area contributed by atoms with E-state index < -0.39 is 18.8 Å². The molecule has 0 fully saturated rings. The molecule has 28 heavy (non-hydrogen) atoms. The van der Waals surface area contributed by atoms with E-state index in [0.717, 1.165) is 28.8 Å². The lowest BCUT2D eigenvalue weighted by Gasteiger charge is -2.23. The Hall–Kier alpha value is -3.22. The Balaban J connectivity index is 1.75. The lowest BCUT2D eigenvalue weighted by atomic mass is 9.71. The molecule has 4 rings (SSSR count). The molecule has 1 aliphatic rings. The van der Waals surface area contributed by atoms with Gasteiger partial charge in [0.2, 0.25) is 0 Å². The number of aryl methyl sites for hydroxylation is 1. The summed E-state index contributed by atoms with van der Waals surface area (Å²) in [5, 5.41) is 4.20. The Morgan fingerprint density at radius 2 is 1.61 bits per heavy atom. The lowest BCUT2D eigenvalue weighted by Crippen LogP contribution is -2.49. The number of hydrogen-bond acceptors (Lipinski definition) is 3. The first-order chi connectivity index (χ1) is 13.4. The van der Waals surface area contributed by atoms with Crippen molar-refractivity contribution in [2.75, 3.05) is 4.81 Å². The van der Waals surface area contributed by atoms with E-state index in [1.54, 1.807) is 0 Å². The number of oxime groups is 1. The zero-order chi connectivity index (χ0) is 19.7. The number of benzene rings is 3. The van der Waals surface area contributed by atoms with Crippen molar-refractivity contribution in [3.63, 3.8) is 0 Å². The smallest absolute Gasteiger partial charge is 0.432 e. The van der Waals surface area contributed by atoms with Crippen LogP contribution in [0.3, 0.4) is 0 Å². The maximum absolute atomic E-state index is 12.9. The van der Waals surface area contributed by atoms with Crippen molar-refractivity contribution in [1.29, 1.82) is 0 Å². The second-order valence-electron chi connectivity index (χ2n) is 6.57. The fraction of sp³-hybridized carbons (Fsp3) is 0.0952. The van der Waals surface area contributed by atoms with Crippen molar-refractivity contribution in [1.82, 2.24) is 0 Å². The Kier molecular flexibility index (Phi) is 4.59. The van der Waals surface area contributed by atoms with Crippen LogP contribution in [0.25, 0.3) is 0 Å². The van der Waals surface area contributed by atoms with E-state index in [2.05, 4.69) is 5.16 Å². The lowest BCUT2D eigenvalue weighted by molar-refractivity contribution is -0.137. The molecule has 0 bridgehead atoms. The van der Waals surface area contributed by atoms with Crippen LogP contribution >= 0.6 is 0 Å². The van der Waals surface area contributed by atoms with Crippen molar-refractivity contribution in [2.24, 2.45) is 5.16 Å². The molecule has 0 saturated heterocycles. The van der Waals surface area contributed by atoms with Crippen LogP contribution in [0.2, 0.25) is 0 Å². The summed E-state index contributed by atoms with van der Waals surface area (Å²) >= 11 is 0. The van der Waals surface area contributed by atoms with Gasteiger partial charge in [0.05, 0.1) is 5.56 Å². The highest BCUT2D eigenvalue weighted by atomic mass is 19.4. The van der Waals surface area contributed by atoms with Crippen LogP contribution in [0.4, 0.5) is 18.9 Å². The molecule has 0 aromatic heterocycles. The predicted octanol–water partition coefficient (Wildman–Crippen LogP) is 4.61. The molecule has 1 aliphatic heterocycles. The van der Waals surface area contributed by atoms with Gasteiger partial charge in [-0.2, -0.15) is 13.2 Å². The van der Waals surface area contributed by atoms with Gasteiger partial charge in [-0.15, -0.1) is 0 Å². The molecule has 140 valence electrons. The van der Waals surface area contributed by atoms with Crippen LogP contribution in [0.1, 0.15) is 16.7 Å². The van der Waals surface area contributed by atoms with Gasteiger partial charge in [-0.1, -0.05) is 59.8 Å².